The van der Waals surface area contributed by atoms with Gasteiger partial charge in [0.2, 0.25) is 11.8 Å². The van der Waals surface area contributed by atoms with Crippen LogP contribution in [0, 0.1) is 0 Å². The summed E-state index contributed by atoms with van der Waals surface area (Å²) >= 11 is 2.89. The molecule has 2 saturated heterocycles. The Hall–Kier alpha value is -5.74. The lowest BCUT2D eigenvalue weighted by Gasteiger charge is -2.29. The molecule has 0 saturated carbocycles. The van der Waals surface area contributed by atoms with E-state index in [0.29, 0.717) is 22.5 Å². The van der Waals surface area contributed by atoms with Gasteiger partial charge in [0.05, 0.1) is 34.3 Å². The molecule has 0 aliphatic carbocycles. The molecule has 4 heterocycles. The van der Waals surface area contributed by atoms with Crippen LogP contribution in [-0.4, -0.2) is 79.0 Å². The molecule has 8 rings (SSSR count). The number of halogens is 4. The average Bonchev–Trinajstić information content (AvgIpc) is 4.00. The highest BCUT2D eigenvalue weighted by Crippen LogP contribution is 2.45. The third kappa shape index (κ3) is 7.84. The van der Waals surface area contributed by atoms with Crippen LogP contribution in [-0.2, 0) is 9.59 Å². The lowest BCUT2D eigenvalue weighted by atomic mass is 10.1. The molecule has 2 fully saturated rings. The smallest absolute Gasteiger partial charge is 0.387 e. The molecule has 56 heavy (non-hydrogen) atoms. The highest BCUT2D eigenvalue weighted by molar-refractivity contribution is 8.00. The summed E-state index contributed by atoms with van der Waals surface area (Å²) in [4.78, 5) is 30.6. The van der Waals surface area contributed by atoms with Crippen molar-refractivity contribution in [2.75, 3.05) is 24.6 Å². The van der Waals surface area contributed by atoms with Crippen LogP contribution < -0.4 is 9.47 Å². The Morgan fingerprint density at radius 3 is 1.30 bits per heavy atom. The highest BCUT2D eigenvalue weighted by Gasteiger charge is 2.40. The first-order chi connectivity index (χ1) is 27.2. The second-order valence-electron chi connectivity index (χ2n) is 12.7. The van der Waals surface area contributed by atoms with E-state index in [0.717, 1.165) is 22.5 Å². The molecule has 2 aromatic heterocycles. The van der Waals surface area contributed by atoms with E-state index in [-0.39, 0.29) is 47.9 Å². The van der Waals surface area contributed by atoms with E-state index in [4.69, 9.17) is 10.2 Å². The number of thioether (sulfide) groups is 2. The standard InChI is InChI=1S/C40H32F4N6O4S2/c41-39(42)53-29-15-11-25(12-16-29)35-31(21-49(45-35)27-7-3-1-4-8-27)37-47(33(51)23-55-37)19-20-48-34(52)24-56-38(48)32-22-50(28-9-5-2-6-10-28)46-36(32)26-13-17-30(18-14-26)54-40(43)44/h1-18,21-22,37-40H,19-20,23-24H2/t37-,38-/m1/s1. The first-order valence-corrected chi connectivity index (χ1v) is 19.5. The zero-order valence-corrected chi connectivity index (χ0v) is 31.0. The molecular formula is C40H32F4N6O4S2. The number of nitrogens with zero attached hydrogens (tertiary/aromatic N) is 6. The molecule has 0 bridgehead atoms. The monoisotopic (exact) mass is 800 g/mol. The van der Waals surface area contributed by atoms with E-state index in [1.165, 1.54) is 47.8 Å². The number of hydrogen-bond acceptors (Lipinski definition) is 8. The second-order valence-corrected chi connectivity index (χ2v) is 14.9. The predicted molar refractivity (Wildman–Crippen MR) is 205 cm³/mol. The summed E-state index contributed by atoms with van der Waals surface area (Å²) in [5.74, 6) is 0.258. The van der Waals surface area contributed by atoms with Crippen LogP contribution in [0.25, 0.3) is 33.9 Å². The number of hydrogen-bond donors (Lipinski definition) is 0. The van der Waals surface area contributed by atoms with E-state index in [9.17, 15) is 27.2 Å². The number of amides is 2. The summed E-state index contributed by atoms with van der Waals surface area (Å²) < 4.78 is 64.2. The zero-order valence-electron chi connectivity index (χ0n) is 29.3. The van der Waals surface area contributed by atoms with E-state index in [1.54, 1.807) is 43.4 Å². The van der Waals surface area contributed by atoms with Gasteiger partial charge in [-0.1, -0.05) is 36.4 Å². The van der Waals surface area contributed by atoms with Gasteiger partial charge in [-0.2, -0.15) is 27.8 Å². The average molecular weight is 801 g/mol. The Morgan fingerprint density at radius 1 is 0.571 bits per heavy atom. The van der Waals surface area contributed by atoms with Crippen LogP contribution in [0.2, 0.25) is 0 Å². The van der Waals surface area contributed by atoms with Crippen molar-refractivity contribution in [1.82, 2.24) is 29.4 Å². The Balaban J connectivity index is 1.09. The van der Waals surface area contributed by atoms with Gasteiger partial charge in [0.15, 0.2) is 0 Å². The van der Waals surface area contributed by atoms with Crippen molar-refractivity contribution in [2.45, 2.75) is 24.0 Å². The summed E-state index contributed by atoms with van der Waals surface area (Å²) in [6.07, 6.45) is 3.75. The molecule has 16 heteroatoms. The number of carbonyl (C=O) groups is 2. The number of carbonyl (C=O) groups excluding carboxylic acids is 2. The van der Waals surface area contributed by atoms with Crippen LogP contribution in [0.4, 0.5) is 17.6 Å². The maximum atomic E-state index is 13.6. The maximum absolute atomic E-state index is 13.6. The molecule has 10 nitrogen and oxygen atoms in total. The molecule has 2 amide bonds. The van der Waals surface area contributed by atoms with Crippen molar-refractivity contribution in [3.63, 3.8) is 0 Å². The lowest BCUT2D eigenvalue weighted by Crippen LogP contribution is -2.39. The molecule has 2 atom stereocenters. The van der Waals surface area contributed by atoms with Gasteiger partial charge < -0.3 is 19.3 Å². The number of ether oxygens (including phenoxy) is 2. The molecule has 0 N–H and O–H groups in total. The van der Waals surface area contributed by atoms with Crippen molar-refractivity contribution in [1.29, 1.82) is 0 Å². The minimum atomic E-state index is -2.96. The predicted octanol–water partition coefficient (Wildman–Crippen LogP) is 8.44. The van der Waals surface area contributed by atoms with Crippen LogP contribution in [0.3, 0.4) is 0 Å². The van der Waals surface area contributed by atoms with Crippen LogP contribution in [0.15, 0.2) is 122 Å². The Bertz CT molecular complexity index is 2150. The number of aromatic nitrogens is 4. The largest absolute Gasteiger partial charge is 0.435 e. The van der Waals surface area contributed by atoms with Crippen LogP contribution in [0.5, 0.6) is 11.5 Å². The molecule has 2 aliphatic rings. The second kappa shape index (κ2) is 16.2. The SMILES string of the molecule is O=C1CS[C@H](c2cn(-c3ccccc3)nc2-c2ccc(OC(F)F)cc2)N1CCN1C(=O)CS[C@@H]1c1cn(-c2ccccc2)nc1-c1ccc(OC(F)F)cc1. The normalized spacial score (nSPS) is 17.1. The van der Waals surface area contributed by atoms with Gasteiger partial charge in [0.1, 0.15) is 22.2 Å². The van der Waals surface area contributed by atoms with Crippen molar-refractivity contribution in [2.24, 2.45) is 0 Å². The summed E-state index contributed by atoms with van der Waals surface area (Å²) in [6.45, 7) is -5.48. The number of para-hydroxylation sites is 2. The van der Waals surface area contributed by atoms with E-state index in [1.807, 2.05) is 73.1 Å². The van der Waals surface area contributed by atoms with E-state index < -0.39 is 24.0 Å². The fourth-order valence-corrected chi connectivity index (χ4v) is 9.16. The van der Waals surface area contributed by atoms with Crippen LogP contribution >= 0.6 is 23.5 Å². The first-order valence-electron chi connectivity index (χ1n) is 17.4. The number of alkyl halides is 4. The van der Waals surface area contributed by atoms with Gasteiger partial charge >= 0.3 is 13.2 Å². The third-order valence-corrected chi connectivity index (χ3v) is 11.8. The summed E-state index contributed by atoms with van der Waals surface area (Å²) in [5, 5.41) is 8.86. The summed E-state index contributed by atoms with van der Waals surface area (Å²) in [7, 11) is 0. The van der Waals surface area contributed by atoms with Crippen LogP contribution in [0.1, 0.15) is 21.9 Å². The van der Waals surface area contributed by atoms with Crippen molar-refractivity contribution < 1.29 is 36.6 Å². The quantitative estimate of drug-likeness (QED) is 0.108. The van der Waals surface area contributed by atoms with Crippen molar-refractivity contribution in [3.8, 4) is 45.4 Å². The van der Waals surface area contributed by atoms with Gasteiger partial charge in [-0.15, -0.1) is 23.5 Å². The molecule has 286 valence electrons. The van der Waals surface area contributed by atoms with Crippen molar-refractivity contribution >= 4 is 35.3 Å². The molecule has 0 radical (unpaired) electrons. The summed E-state index contributed by atoms with van der Waals surface area (Å²) in [6, 6.07) is 31.4. The molecule has 0 spiro atoms. The Kier molecular flexibility index (Phi) is 10.7. The van der Waals surface area contributed by atoms with Gasteiger partial charge in [-0.3, -0.25) is 9.59 Å². The Labute approximate surface area is 327 Å². The molecule has 6 aromatic rings. The minimum Gasteiger partial charge on any atom is -0.435 e. The maximum Gasteiger partial charge on any atom is 0.387 e. The number of rotatable bonds is 13. The minimum absolute atomic E-state index is 0.0118. The fraction of sp³-hybridized carbons (Fsp3) is 0.200. The molecular weight excluding hydrogens is 769 g/mol. The highest BCUT2D eigenvalue weighted by atomic mass is 32.2. The number of benzene rings is 4. The van der Waals surface area contributed by atoms with E-state index >= 15 is 0 Å². The van der Waals surface area contributed by atoms with Crippen molar-refractivity contribution in [3.05, 3.63) is 133 Å². The van der Waals surface area contributed by atoms with Gasteiger partial charge in [-0.25, -0.2) is 9.36 Å². The van der Waals surface area contributed by atoms with Gasteiger partial charge in [0.25, 0.3) is 0 Å². The Morgan fingerprint density at radius 2 is 0.946 bits per heavy atom. The third-order valence-electron chi connectivity index (χ3n) is 9.28. The molecule has 0 unspecified atom stereocenters. The van der Waals surface area contributed by atoms with E-state index in [2.05, 4.69) is 9.47 Å². The molecule has 2 aliphatic heterocycles. The zero-order chi connectivity index (χ0) is 38.8. The molecule has 4 aromatic carbocycles. The lowest BCUT2D eigenvalue weighted by molar-refractivity contribution is -0.132. The van der Waals surface area contributed by atoms with Gasteiger partial charge in [0, 0.05) is 47.7 Å². The topological polar surface area (TPSA) is 94.7 Å². The first kappa shape index (κ1) is 37.2. The van der Waals surface area contributed by atoms with Gasteiger partial charge in [-0.05, 0) is 72.8 Å². The summed E-state index contributed by atoms with van der Waals surface area (Å²) in [5.41, 5.74) is 5.53. The fourth-order valence-electron chi connectivity index (χ4n) is 6.72.